The Bertz CT molecular complexity index is 1070. The molecule has 0 radical (unpaired) electrons. The zero-order valence-electron chi connectivity index (χ0n) is 16.3. The summed E-state index contributed by atoms with van der Waals surface area (Å²) >= 11 is 0. The summed E-state index contributed by atoms with van der Waals surface area (Å²) in [6.45, 7) is 4.79. The molecule has 1 fully saturated rings. The highest BCUT2D eigenvalue weighted by Gasteiger charge is 2.19. The number of rotatable bonds is 5. The average molecular weight is 441 g/mol. The van der Waals surface area contributed by atoms with Crippen LogP contribution in [0.3, 0.4) is 0 Å². The molecule has 1 N–H and O–H groups in total. The second-order valence-corrected chi connectivity index (χ2v) is 7.01. The molecule has 1 saturated heterocycles. The van der Waals surface area contributed by atoms with Gasteiger partial charge in [-0.25, -0.2) is 14.5 Å². The summed E-state index contributed by atoms with van der Waals surface area (Å²) in [5.41, 5.74) is 0.811. The van der Waals surface area contributed by atoms with Gasteiger partial charge in [-0.05, 0) is 50.9 Å². The molecule has 1 aliphatic heterocycles. The molecule has 29 heavy (non-hydrogen) atoms. The minimum Gasteiger partial charge on any atom is -0.317 e. The number of fused-ring (bicyclic) bond motifs is 1. The van der Waals surface area contributed by atoms with Crippen LogP contribution in [0.5, 0.6) is 0 Å². The van der Waals surface area contributed by atoms with E-state index in [-0.39, 0.29) is 42.6 Å². The fraction of sp³-hybridized carbons (Fsp3) is 0.474. The van der Waals surface area contributed by atoms with E-state index in [1.807, 2.05) is 13.0 Å². The van der Waals surface area contributed by atoms with Crippen LogP contribution in [0, 0.1) is 5.92 Å². The van der Waals surface area contributed by atoms with Crippen molar-refractivity contribution in [3.63, 3.8) is 0 Å². The van der Waals surface area contributed by atoms with Gasteiger partial charge in [0.1, 0.15) is 11.5 Å². The van der Waals surface area contributed by atoms with Gasteiger partial charge in [-0.2, -0.15) is 5.10 Å². The van der Waals surface area contributed by atoms with Crippen LogP contribution in [0.1, 0.15) is 31.3 Å². The molecule has 1 aliphatic rings. The molecule has 0 saturated carbocycles. The van der Waals surface area contributed by atoms with Crippen molar-refractivity contribution < 1.29 is 0 Å². The Morgan fingerprint density at radius 3 is 2.66 bits per heavy atom. The molecule has 0 atom stereocenters. The first-order valence-electron chi connectivity index (χ1n) is 9.50. The monoisotopic (exact) mass is 440 g/mol. The Balaban J connectivity index is 0.00000150. The van der Waals surface area contributed by atoms with Gasteiger partial charge in [0.2, 0.25) is 0 Å². The maximum absolute atomic E-state index is 12.8. The third-order valence-corrected chi connectivity index (χ3v) is 5.18. The fourth-order valence-corrected chi connectivity index (χ4v) is 3.74. The predicted octanol–water partition coefficient (Wildman–Crippen LogP) is 1.51. The fourth-order valence-electron chi connectivity index (χ4n) is 3.74. The van der Waals surface area contributed by atoms with Gasteiger partial charge in [0.05, 0.1) is 12.2 Å². The number of piperidine rings is 1. The highest BCUT2D eigenvalue weighted by molar-refractivity contribution is 5.85. The standard InChI is InChI=1S/C19H24N6O2.2ClH/c1-2-23-17(11-14-6-8-20-9-7-14)22-25(19(23)27)13-15-12-18(26)24-10-4-3-5-16(24)21-15;;/h3-5,10,12,14,20H,2,6-9,11,13H2,1H3;2*1H. The van der Waals surface area contributed by atoms with Gasteiger partial charge in [-0.3, -0.25) is 13.8 Å². The highest BCUT2D eigenvalue weighted by Crippen LogP contribution is 2.16. The maximum Gasteiger partial charge on any atom is 0.346 e. The van der Waals surface area contributed by atoms with Gasteiger partial charge in [0.25, 0.3) is 5.56 Å². The van der Waals surface area contributed by atoms with Crippen LogP contribution in [0.15, 0.2) is 40.1 Å². The molecule has 0 aliphatic carbocycles. The molecule has 3 aromatic rings. The van der Waals surface area contributed by atoms with E-state index in [4.69, 9.17) is 0 Å². The van der Waals surface area contributed by atoms with Crippen molar-refractivity contribution in [3.8, 4) is 0 Å². The van der Waals surface area contributed by atoms with Crippen molar-refractivity contribution in [2.24, 2.45) is 5.92 Å². The quantitative estimate of drug-likeness (QED) is 0.649. The van der Waals surface area contributed by atoms with Crippen molar-refractivity contribution in [2.45, 2.75) is 39.3 Å². The molecule has 158 valence electrons. The van der Waals surface area contributed by atoms with Gasteiger partial charge in [0, 0.05) is 25.2 Å². The minimum atomic E-state index is -0.159. The zero-order valence-corrected chi connectivity index (χ0v) is 17.9. The molecular formula is C19H26Cl2N6O2. The molecule has 0 bridgehead atoms. The van der Waals surface area contributed by atoms with Crippen molar-refractivity contribution in [3.05, 3.63) is 62.8 Å². The molecule has 0 amide bonds. The van der Waals surface area contributed by atoms with Crippen molar-refractivity contribution in [1.82, 2.24) is 29.0 Å². The van der Waals surface area contributed by atoms with Crippen LogP contribution in [0.4, 0.5) is 0 Å². The van der Waals surface area contributed by atoms with E-state index < -0.39 is 0 Å². The summed E-state index contributed by atoms with van der Waals surface area (Å²) in [6.07, 6.45) is 4.71. The third-order valence-electron chi connectivity index (χ3n) is 5.18. The highest BCUT2D eigenvalue weighted by atomic mass is 35.5. The van der Waals surface area contributed by atoms with E-state index in [1.54, 1.807) is 22.9 Å². The lowest BCUT2D eigenvalue weighted by molar-refractivity contribution is 0.362. The van der Waals surface area contributed by atoms with Crippen molar-refractivity contribution >= 4 is 30.5 Å². The third kappa shape index (κ3) is 4.88. The van der Waals surface area contributed by atoms with Crippen molar-refractivity contribution in [2.75, 3.05) is 13.1 Å². The van der Waals surface area contributed by atoms with Crippen molar-refractivity contribution in [1.29, 1.82) is 0 Å². The lowest BCUT2D eigenvalue weighted by atomic mass is 9.94. The Labute approximate surface area is 180 Å². The number of hydrogen-bond donors (Lipinski definition) is 1. The van der Waals surface area contributed by atoms with E-state index in [9.17, 15) is 9.59 Å². The minimum absolute atomic E-state index is 0. The normalized spacial score (nSPS) is 14.4. The zero-order chi connectivity index (χ0) is 18.8. The summed E-state index contributed by atoms with van der Waals surface area (Å²) in [7, 11) is 0. The average Bonchev–Trinajstić information content (AvgIpc) is 2.97. The van der Waals surface area contributed by atoms with E-state index in [2.05, 4.69) is 15.4 Å². The van der Waals surface area contributed by atoms with Crippen LogP contribution in [0.25, 0.3) is 5.65 Å². The van der Waals surface area contributed by atoms with Gasteiger partial charge in [-0.1, -0.05) is 6.07 Å². The Morgan fingerprint density at radius 1 is 1.17 bits per heavy atom. The van der Waals surface area contributed by atoms with E-state index in [0.717, 1.165) is 38.2 Å². The topological polar surface area (TPSA) is 86.2 Å². The van der Waals surface area contributed by atoms with Crippen LogP contribution in [-0.2, 0) is 19.5 Å². The van der Waals surface area contributed by atoms with Gasteiger partial charge < -0.3 is 5.32 Å². The Morgan fingerprint density at radius 2 is 1.93 bits per heavy atom. The predicted molar refractivity (Wildman–Crippen MR) is 117 cm³/mol. The van der Waals surface area contributed by atoms with Crippen LogP contribution < -0.4 is 16.6 Å². The van der Waals surface area contributed by atoms with Gasteiger partial charge in [0.15, 0.2) is 0 Å². The molecule has 10 heteroatoms. The molecular weight excluding hydrogens is 415 g/mol. The smallest absolute Gasteiger partial charge is 0.317 e. The largest absolute Gasteiger partial charge is 0.346 e. The second kappa shape index (κ2) is 10.0. The maximum atomic E-state index is 12.8. The Kier molecular flexibility index (Phi) is 8.01. The summed E-state index contributed by atoms with van der Waals surface area (Å²) in [6, 6.07) is 6.87. The molecule has 3 aromatic heterocycles. The number of hydrogen-bond acceptors (Lipinski definition) is 5. The molecule has 0 spiro atoms. The number of nitrogens with one attached hydrogen (secondary N) is 1. The van der Waals surface area contributed by atoms with Crippen LogP contribution >= 0.6 is 24.8 Å². The molecule has 0 unspecified atom stereocenters. The molecule has 0 aromatic carbocycles. The number of aromatic nitrogens is 5. The lowest BCUT2D eigenvalue weighted by Crippen LogP contribution is -2.30. The SMILES string of the molecule is CCn1c(CC2CCNCC2)nn(Cc2cc(=O)n3ccccc3n2)c1=O.Cl.Cl. The van der Waals surface area contributed by atoms with Crippen LogP contribution in [0.2, 0.25) is 0 Å². The van der Waals surface area contributed by atoms with E-state index in [0.29, 0.717) is 23.8 Å². The van der Waals surface area contributed by atoms with Crippen LogP contribution in [-0.4, -0.2) is 36.8 Å². The molecule has 8 nitrogen and oxygen atoms in total. The summed E-state index contributed by atoms with van der Waals surface area (Å²) in [5.74, 6) is 1.38. The van der Waals surface area contributed by atoms with E-state index >= 15 is 0 Å². The second-order valence-electron chi connectivity index (χ2n) is 7.01. The number of pyridine rings is 1. The number of halogens is 2. The molecule has 4 rings (SSSR count). The summed E-state index contributed by atoms with van der Waals surface area (Å²) in [4.78, 5) is 29.5. The molecule has 4 heterocycles. The van der Waals surface area contributed by atoms with Gasteiger partial charge in [-0.15, -0.1) is 24.8 Å². The summed E-state index contributed by atoms with van der Waals surface area (Å²) < 4.78 is 4.65. The Hall–Kier alpha value is -2.16. The summed E-state index contributed by atoms with van der Waals surface area (Å²) in [5, 5.41) is 7.94. The lowest BCUT2D eigenvalue weighted by Gasteiger charge is -2.21. The first-order chi connectivity index (χ1) is 13.2. The number of nitrogens with zero attached hydrogens (tertiary/aromatic N) is 5. The first-order valence-corrected chi connectivity index (χ1v) is 9.50. The van der Waals surface area contributed by atoms with E-state index in [1.165, 1.54) is 15.1 Å². The van der Waals surface area contributed by atoms with Gasteiger partial charge >= 0.3 is 5.69 Å². The first kappa shape index (κ1) is 23.1.